The molecule has 0 bridgehead atoms. The molecule has 0 heterocycles. The number of ketones is 1. The van der Waals surface area contributed by atoms with Crippen molar-refractivity contribution in [3.05, 3.63) is 0 Å². The Morgan fingerprint density at radius 3 is 1.25 bits per heavy atom. The van der Waals surface area contributed by atoms with Crippen molar-refractivity contribution < 1.29 is 15.0 Å². The van der Waals surface area contributed by atoms with Crippen molar-refractivity contribution in [2.75, 3.05) is 19.1 Å². The molecule has 0 rings (SSSR count). The largest absolute Gasteiger partial charge is 0.400 e. The Bertz CT molecular complexity index is 54.6. The number of aliphatic hydroxyl groups excluding tert-OH is 2. The van der Waals surface area contributed by atoms with E-state index in [2.05, 4.69) is 0 Å². The molecule has 5 heteroatoms. The lowest BCUT2D eigenvalue weighted by Gasteiger charge is -1.56. The van der Waals surface area contributed by atoms with E-state index in [0.29, 0.717) is 0 Å². The Hall–Kier alpha value is 0.170. The summed E-state index contributed by atoms with van der Waals surface area (Å²) in [7, 11) is 1.00. The molecule has 12 heavy (non-hydrogen) atoms. The third kappa shape index (κ3) is 29600. The van der Waals surface area contributed by atoms with Crippen LogP contribution < -0.4 is 0 Å². The molecule has 2 N–H and O–H groups in total. The van der Waals surface area contributed by atoms with Crippen molar-refractivity contribution in [2.24, 2.45) is 0 Å². The topological polar surface area (TPSA) is 57.5 Å². The molecule has 0 aromatic carbocycles. The second-order valence-electron chi connectivity index (χ2n) is 1.33. The summed E-state index contributed by atoms with van der Waals surface area (Å²) < 4.78 is 0. The van der Waals surface area contributed by atoms with Crippen LogP contribution in [-0.2, 0) is 4.79 Å². The zero-order chi connectivity index (χ0) is 11.0. The number of hydrogen-bond acceptors (Lipinski definition) is 3. The first-order chi connectivity index (χ1) is 5.56. The van der Waals surface area contributed by atoms with E-state index >= 15 is 0 Å². The molecular formula is C7H18Cl2O3. The number of Topliss-reactive ketones (excluding diaryl/α,β-unsaturated/α-hetero) is 1. The van der Waals surface area contributed by atoms with Crippen LogP contribution in [0.5, 0.6) is 0 Å². The first kappa shape index (κ1) is 22.7. The smallest absolute Gasteiger partial charge is 0.126 e. The van der Waals surface area contributed by atoms with E-state index < -0.39 is 0 Å². The quantitative estimate of drug-likeness (QED) is 0.611. The maximum Gasteiger partial charge on any atom is 0.126 e. The van der Waals surface area contributed by atoms with E-state index in [-0.39, 0.29) is 17.7 Å². The Balaban J connectivity index is -0.0000000368. The first-order valence-corrected chi connectivity index (χ1v) is 4.28. The SMILES string of the molecule is CC(C)=O.CCO.CO.ClCCl. The molecule has 3 nitrogen and oxygen atoms in total. The highest BCUT2D eigenvalue weighted by Gasteiger charge is 1.62. The van der Waals surface area contributed by atoms with Gasteiger partial charge in [-0.15, -0.1) is 23.2 Å². The molecule has 0 saturated heterocycles. The summed E-state index contributed by atoms with van der Waals surface area (Å²) in [6.45, 7) is 4.99. The highest BCUT2D eigenvalue weighted by Crippen LogP contribution is 1.73. The van der Waals surface area contributed by atoms with Crippen LogP contribution in [0, 0.1) is 0 Å². The Labute approximate surface area is 84.3 Å². The molecule has 0 aromatic heterocycles. The predicted molar refractivity (Wildman–Crippen MR) is 53.8 cm³/mol. The highest BCUT2D eigenvalue weighted by atomic mass is 35.5. The summed E-state index contributed by atoms with van der Waals surface area (Å²) in [5.41, 5.74) is 0. The van der Waals surface area contributed by atoms with Gasteiger partial charge in [0.1, 0.15) is 5.78 Å². The molecule has 0 unspecified atom stereocenters. The van der Waals surface area contributed by atoms with E-state index in [9.17, 15) is 4.79 Å². The van der Waals surface area contributed by atoms with Crippen molar-refractivity contribution in [1.82, 2.24) is 0 Å². The van der Waals surface area contributed by atoms with Gasteiger partial charge in [0.2, 0.25) is 0 Å². The normalized spacial score (nSPS) is 5.67. The van der Waals surface area contributed by atoms with Gasteiger partial charge in [0.15, 0.2) is 0 Å². The average Bonchev–Trinajstić information content (AvgIpc) is 1.92. The molecule has 0 saturated carbocycles. The van der Waals surface area contributed by atoms with Crippen LogP contribution >= 0.6 is 23.2 Å². The van der Waals surface area contributed by atoms with E-state index in [1.54, 1.807) is 6.92 Å². The molecule has 0 amide bonds. The molecule has 0 fully saturated rings. The number of aliphatic hydroxyl groups is 2. The van der Waals surface area contributed by atoms with Crippen LogP contribution in [0.3, 0.4) is 0 Å². The zero-order valence-electron chi connectivity index (χ0n) is 7.97. The van der Waals surface area contributed by atoms with Gasteiger partial charge in [0.25, 0.3) is 0 Å². The van der Waals surface area contributed by atoms with Crippen LogP contribution in [-0.4, -0.2) is 35.1 Å². The fourth-order valence-electron chi connectivity index (χ4n) is 0. The molecule has 0 aromatic rings. The molecule has 0 aliphatic rings. The maximum atomic E-state index is 9.44. The number of halogens is 2. The summed E-state index contributed by atoms with van der Waals surface area (Å²) >= 11 is 9.53. The molecule has 0 aliphatic carbocycles. The summed E-state index contributed by atoms with van der Waals surface area (Å²) in [4.78, 5) is 9.44. The lowest BCUT2D eigenvalue weighted by molar-refractivity contribution is -0.114. The van der Waals surface area contributed by atoms with Crippen molar-refractivity contribution >= 4 is 29.0 Å². The third-order valence-electron chi connectivity index (χ3n) is 0. The van der Waals surface area contributed by atoms with Gasteiger partial charge in [0, 0.05) is 13.7 Å². The fourth-order valence-corrected chi connectivity index (χ4v) is 0. The fraction of sp³-hybridized carbons (Fsp3) is 0.857. The lowest BCUT2D eigenvalue weighted by atomic mass is 10.6. The monoisotopic (exact) mass is 220 g/mol. The van der Waals surface area contributed by atoms with Gasteiger partial charge in [-0.2, -0.15) is 0 Å². The van der Waals surface area contributed by atoms with Crippen LogP contribution in [0.2, 0.25) is 0 Å². The summed E-state index contributed by atoms with van der Waals surface area (Å²) in [6.07, 6.45) is 0. The van der Waals surface area contributed by atoms with Crippen molar-refractivity contribution in [2.45, 2.75) is 20.8 Å². The second-order valence-corrected chi connectivity index (χ2v) is 2.13. The Morgan fingerprint density at radius 2 is 1.25 bits per heavy atom. The third-order valence-corrected chi connectivity index (χ3v) is 0. The van der Waals surface area contributed by atoms with Crippen LogP contribution in [0.4, 0.5) is 0 Å². The first-order valence-electron chi connectivity index (χ1n) is 3.21. The van der Waals surface area contributed by atoms with Gasteiger partial charge < -0.3 is 15.0 Å². The summed E-state index contributed by atoms with van der Waals surface area (Å²) in [6, 6.07) is 0. The summed E-state index contributed by atoms with van der Waals surface area (Å²) in [5.74, 6) is 0.167. The molecular weight excluding hydrogens is 203 g/mol. The molecule has 0 aliphatic heterocycles. The predicted octanol–water partition coefficient (Wildman–Crippen LogP) is 1.62. The van der Waals surface area contributed by atoms with Crippen molar-refractivity contribution in [1.29, 1.82) is 0 Å². The number of rotatable bonds is 0. The number of carbonyl (C=O) groups excluding carboxylic acids is 1. The maximum absolute atomic E-state index is 9.44. The Morgan fingerprint density at radius 1 is 1.25 bits per heavy atom. The standard InChI is InChI=1S/C3H6O.C2H6O.CH2Cl2.CH4O/c1-3(2)4;1-2-3;2-1-3;1-2/h1-2H3;3H,2H2,1H3;1H2;2H,1H3. The van der Waals surface area contributed by atoms with Crippen LogP contribution in [0.1, 0.15) is 20.8 Å². The molecule has 78 valence electrons. The zero-order valence-corrected chi connectivity index (χ0v) is 9.48. The number of hydrogen-bond donors (Lipinski definition) is 2. The van der Waals surface area contributed by atoms with E-state index in [1.165, 1.54) is 13.8 Å². The molecule has 0 radical (unpaired) electrons. The van der Waals surface area contributed by atoms with Crippen molar-refractivity contribution in [3.63, 3.8) is 0 Å². The van der Waals surface area contributed by atoms with Gasteiger partial charge in [-0.1, -0.05) is 0 Å². The van der Waals surface area contributed by atoms with Crippen LogP contribution in [0.15, 0.2) is 0 Å². The van der Waals surface area contributed by atoms with E-state index in [4.69, 9.17) is 33.4 Å². The highest BCUT2D eigenvalue weighted by molar-refractivity contribution is 6.40. The molecule has 0 atom stereocenters. The minimum Gasteiger partial charge on any atom is -0.400 e. The van der Waals surface area contributed by atoms with Crippen LogP contribution in [0.25, 0.3) is 0 Å². The lowest BCUT2D eigenvalue weighted by Crippen LogP contribution is -1.69. The van der Waals surface area contributed by atoms with E-state index in [1.807, 2.05) is 0 Å². The Kier molecular flexibility index (Phi) is 81.9. The number of alkyl halides is 2. The minimum absolute atomic E-state index is 0.167. The van der Waals surface area contributed by atoms with Gasteiger partial charge in [-0.05, 0) is 20.8 Å². The molecule has 0 spiro atoms. The average molecular weight is 221 g/mol. The van der Waals surface area contributed by atoms with Gasteiger partial charge >= 0.3 is 0 Å². The van der Waals surface area contributed by atoms with E-state index in [0.717, 1.165) is 7.11 Å². The van der Waals surface area contributed by atoms with Gasteiger partial charge in [0.05, 0.1) is 5.34 Å². The second kappa shape index (κ2) is 43.2. The van der Waals surface area contributed by atoms with Gasteiger partial charge in [-0.3, -0.25) is 0 Å². The van der Waals surface area contributed by atoms with Gasteiger partial charge in [-0.25, -0.2) is 0 Å². The minimum atomic E-state index is 0.167. The summed E-state index contributed by atoms with van der Waals surface area (Å²) in [5, 5.41) is 14.8. The van der Waals surface area contributed by atoms with Crippen molar-refractivity contribution in [3.8, 4) is 0 Å². The number of carbonyl (C=O) groups is 1.